The van der Waals surface area contributed by atoms with E-state index in [1.807, 2.05) is 6.92 Å². The Morgan fingerprint density at radius 2 is 2.00 bits per heavy atom. The SMILES string of the molecule is CCCC[C@H](N)C(=O)Nc1cccc(C(=O)NCCC)c1. The van der Waals surface area contributed by atoms with E-state index >= 15 is 0 Å². The fourth-order valence-electron chi connectivity index (χ4n) is 1.87. The minimum Gasteiger partial charge on any atom is -0.352 e. The van der Waals surface area contributed by atoms with Gasteiger partial charge in [0, 0.05) is 17.8 Å². The molecule has 0 aliphatic rings. The highest BCUT2D eigenvalue weighted by atomic mass is 16.2. The van der Waals surface area contributed by atoms with Crippen LogP contribution in [0.1, 0.15) is 49.9 Å². The van der Waals surface area contributed by atoms with Crippen LogP contribution in [0.15, 0.2) is 24.3 Å². The Balaban J connectivity index is 2.63. The quantitative estimate of drug-likeness (QED) is 0.687. The van der Waals surface area contributed by atoms with Gasteiger partial charge < -0.3 is 16.4 Å². The predicted molar refractivity (Wildman–Crippen MR) is 85.2 cm³/mol. The van der Waals surface area contributed by atoms with Gasteiger partial charge in [0.25, 0.3) is 5.91 Å². The summed E-state index contributed by atoms with van der Waals surface area (Å²) in [4.78, 5) is 23.8. The van der Waals surface area contributed by atoms with Crippen LogP contribution in [0, 0.1) is 0 Å². The number of amides is 2. The van der Waals surface area contributed by atoms with Crippen LogP contribution in [-0.4, -0.2) is 24.4 Å². The van der Waals surface area contributed by atoms with Crippen LogP contribution in [0.25, 0.3) is 0 Å². The molecule has 0 saturated heterocycles. The number of nitrogens with two attached hydrogens (primary N) is 1. The van der Waals surface area contributed by atoms with Crippen molar-refractivity contribution in [3.05, 3.63) is 29.8 Å². The summed E-state index contributed by atoms with van der Waals surface area (Å²) in [7, 11) is 0. The smallest absolute Gasteiger partial charge is 0.251 e. The van der Waals surface area contributed by atoms with E-state index in [-0.39, 0.29) is 11.8 Å². The highest BCUT2D eigenvalue weighted by Crippen LogP contribution is 2.11. The number of rotatable bonds is 8. The summed E-state index contributed by atoms with van der Waals surface area (Å²) in [6.45, 7) is 4.69. The summed E-state index contributed by atoms with van der Waals surface area (Å²) in [5.74, 6) is -0.349. The summed E-state index contributed by atoms with van der Waals surface area (Å²) < 4.78 is 0. The first-order valence-electron chi connectivity index (χ1n) is 7.53. The van der Waals surface area contributed by atoms with Crippen molar-refractivity contribution < 1.29 is 9.59 Å². The predicted octanol–water partition coefficient (Wildman–Crippen LogP) is 2.28. The molecular weight excluding hydrogens is 266 g/mol. The Hall–Kier alpha value is -1.88. The fourth-order valence-corrected chi connectivity index (χ4v) is 1.87. The largest absolute Gasteiger partial charge is 0.352 e. The van der Waals surface area contributed by atoms with Gasteiger partial charge in [0.15, 0.2) is 0 Å². The van der Waals surface area contributed by atoms with Gasteiger partial charge in [0.05, 0.1) is 6.04 Å². The normalized spacial score (nSPS) is 11.8. The van der Waals surface area contributed by atoms with E-state index in [1.165, 1.54) is 0 Å². The number of hydrogen-bond donors (Lipinski definition) is 3. The van der Waals surface area contributed by atoms with Gasteiger partial charge in [-0.05, 0) is 31.0 Å². The van der Waals surface area contributed by atoms with E-state index in [1.54, 1.807) is 24.3 Å². The number of benzene rings is 1. The van der Waals surface area contributed by atoms with Crippen LogP contribution in [0.4, 0.5) is 5.69 Å². The number of unbranched alkanes of at least 4 members (excludes halogenated alkanes) is 1. The second-order valence-corrected chi connectivity index (χ2v) is 5.07. The lowest BCUT2D eigenvalue weighted by molar-refractivity contribution is -0.117. The molecule has 2 amide bonds. The molecule has 1 rings (SSSR count). The fraction of sp³-hybridized carbons (Fsp3) is 0.500. The molecule has 1 atom stereocenters. The monoisotopic (exact) mass is 291 g/mol. The van der Waals surface area contributed by atoms with E-state index < -0.39 is 6.04 Å². The lowest BCUT2D eigenvalue weighted by Crippen LogP contribution is -2.35. The molecule has 0 heterocycles. The zero-order chi connectivity index (χ0) is 15.7. The van der Waals surface area contributed by atoms with Crippen molar-refractivity contribution in [1.82, 2.24) is 5.32 Å². The minimum absolute atomic E-state index is 0.136. The third kappa shape index (κ3) is 5.95. The van der Waals surface area contributed by atoms with Crippen LogP contribution in [0.3, 0.4) is 0 Å². The second-order valence-electron chi connectivity index (χ2n) is 5.07. The lowest BCUT2D eigenvalue weighted by atomic mass is 10.1. The number of nitrogens with one attached hydrogen (secondary N) is 2. The molecule has 0 unspecified atom stereocenters. The van der Waals surface area contributed by atoms with E-state index in [0.717, 1.165) is 19.3 Å². The molecule has 4 N–H and O–H groups in total. The molecule has 5 heteroatoms. The average molecular weight is 291 g/mol. The van der Waals surface area contributed by atoms with Crippen molar-refractivity contribution in [2.75, 3.05) is 11.9 Å². The molecule has 1 aromatic rings. The second kappa shape index (κ2) is 9.13. The molecule has 0 radical (unpaired) electrons. The summed E-state index contributed by atoms with van der Waals surface area (Å²) in [5.41, 5.74) is 6.95. The third-order valence-electron chi connectivity index (χ3n) is 3.13. The number of carbonyl (C=O) groups excluding carboxylic acids is 2. The van der Waals surface area contributed by atoms with Gasteiger partial charge in [-0.3, -0.25) is 9.59 Å². The molecule has 0 fully saturated rings. The average Bonchev–Trinajstić information content (AvgIpc) is 2.50. The molecular formula is C16H25N3O2. The van der Waals surface area contributed by atoms with Gasteiger partial charge >= 0.3 is 0 Å². The topological polar surface area (TPSA) is 84.2 Å². The molecule has 21 heavy (non-hydrogen) atoms. The van der Waals surface area contributed by atoms with Gasteiger partial charge in [0.2, 0.25) is 5.91 Å². The summed E-state index contributed by atoms with van der Waals surface area (Å²) in [6.07, 6.45) is 3.48. The van der Waals surface area contributed by atoms with E-state index in [2.05, 4.69) is 17.6 Å². The molecule has 116 valence electrons. The van der Waals surface area contributed by atoms with Crippen LogP contribution in [0.2, 0.25) is 0 Å². The first-order chi connectivity index (χ1) is 10.1. The van der Waals surface area contributed by atoms with Crippen molar-refractivity contribution in [2.24, 2.45) is 5.73 Å². The molecule has 0 saturated carbocycles. The first kappa shape index (κ1) is 17.2. The first-order valence-corrected chi connectivity index (χ1v) is 7.53. The van der Waals surface area contributed by atoms with Crippen LogP contribution >= 0.6 is 0 Å². The van der Waals surface area contributed by atoms with E-state index in [9.17, 15) is 9.59 Å². The van der Waals surface area contributed by atoms with Gasteiger partial charge in [-0.1, -0.05) is 32.8 Å². The highest BCUT2D eigenvalue weighted by Gasteiger charge is 2.13. The maximum Gasteiger partial charge on any atom is 0.251 e. The summed E-state index contributed by atoms with van der Waals surface area (Å²) >= 11 is 0. The van der Waals surface area contributed by atoms with Gasteiger partial charge in [-0.15, -0.1) is 0 Å². The maximum atomic E-state index is 11.9. The Morgan fingerprint density at radius 1 is 1.24 bits per heavy atom. The third-order valence-corrected chi connectivity index (χ3v) is 3.13. The lowest BCUT2D eigenvalue weighted by Gasteiger charge is -2.12. The van der Waals surface area contributed by atoms with Crippen LogP contribution in [-0.2, 0) is 4.79 Å². The molecule has 0 bridgehead atoms. The molecule has 0 spiro atoms. The Morgan fingerprint density at radius 3 is 2.67 bits per heavy atom. The van der Waals surface area contributed by atoms with E-state index in [4.69, 9.17) is 5.73 Å². The van der Waals surface area contributed by atoms with Crippen molar-refractivity contribution >= 4 is 17.5 Å². The van der Waals surface area contributed by atoms with Gasteiger partial charge in [-0.2, -0.15) is 0 Å². The Labute approximate surface area is 126 Å². The van der Waals surface area contributed by atoms with E-state index in [0.29, 0.717) is 24.2 Å². The van der Waals surface area contributed by atoms with Gasteiger partial charge in [-0.25, -0.2) is 0 Å². The molecule has 0 aliphatic carbocycles. The van der Waals surface area contributed by atoms with Crippen molar-refractivity contribution in [3.8, 4) is 0 Å². The standard InChI is InChI=1S/C16H25N3O2/c1-3-5-9-14(17)16(21)19-13-8-6-7-12(11-13)15(20)18-10-4-2/h6-8,11,14H,3-5,9-10,17H2,1-2H3,(H,18,20)(H,19,21)/t14-/m0/s1. The Bertz CT molecular complexity index is 474. The van der Waals surface area contributed by atoms with Crippen LogP contribution < -0.4 is 16.4 Å². The highest BCUT2D eigenvalue weighted by molar-refractivity contribution is 5.98. The minimum atomic E-state index is -0.512. The summed E-state index contributed by atoms with van der Waals surface area (Å²) in [6, 6.07) is 6.37. The molecule has 0 aromatic heterocycles. The van der Waals surface area contributed by atoms with Crippen molar-refractivity contribution in [3.63, 3.8) is 0 Å². The molecule has 5 nitrogen and oxygen atoms in total. The number of carbonyl (C=O) groups is 2. The van der Waals surface area contributed by atoms with Gasteiger partial charge in [0.1, 0.15) is 0 Å². The Kier molecular flexibility index (Phi) is 7.46. The molecule has 1 aromatic carbocycles. The summed E-state index contributed by atoms with van der Waals surface area (Å²) in [5, 5.41) is 5.56. The zero-order valence-corrected chi connectivity index (χ0v) is 12.8. The number of hydrogen-bond acceptors (Lipinski definition) is 3. The zero-order valence-electron chi connectivity index (χ0n) is 12.8. The number of anilines is 1. The van der Waals surface area contributed by atoms with Crippen molar-refractivity contribution in [1.29, 1.82) is 0 Å². The molecule has 0 aliphatic heterocycles. The maximum absolute atomic E-state index is 11.9. The van der Waals surface area contributed by atoms with Crippen LogP contribution in [0.5, 0.6) is 0 Å². The van der Waals surface area contributed by atoms with Crippen molar-refractivity contribution in [2.45, 2.75) is 45.6 Å².